The summed E-state index contributed by atoms with van der Waals surface area (Å²) in [6.45, 7) is 10.1. The van der Waals surface area contributed by atoms with Crippen molar-refractivity contribution in [2.24, 2.45) is 0 Å². The van der Waals surface area contributed by atoms with E-state index in [9.17, 15) is 0 Å². The molecule has 1 aromatic heterocycles. The fraction of sp³-hybridized carbons (Fsp3) is 0.714. The molecule has 2 heterocycles. The van der Waals surface area contributed by atoms with E-state index in [1.54, 1.807) is 0 Å². The van der Waals surface area contributed by atoms with Gasteiger partial charge in [-0.05, 0) is 61.7 Å². The van der Waals surface area contributed by atoms with E-state index in [0.717, 1.165) is 17.0 Å². The first-order chi connectivity index (χ1) is 8.45. The Morgan fingerprint density at radius 3 is 2.50 bits per heavy atom. The van der Waals surface area contributed by atoms with Crippen molar-refractivity contribution in [3.8, 4) is 0 Å². The average molecular weight is 315 g/mol. The van der Waals surface area contributed by atoms with Crippen LogP contribution in [0, 0.1) is 0 Å². The Morgan fingerprint density at radius 1 is 1.33 bits per heavy atom. The van der Waals surface area contributed by atoms with Crippen molar-refractivity contribution < 1.29 is 4.42 Å². The minimum atomic E-state index is 0.302. The molecular formula is C14H23BrN2O. The number of halogens is 1. The predicted octanol–water partition coefficient (Wildman–Crippen LogP) is 3.39. The third-order valence-electron chi connectivity index (χ3n) is 3.64. The Hall–Kier alpha value is -0.320. The lowest BCUT2D eigenvalue weighted by atomic mass is 9.98. The van der Waals surface area contributed by atoms with Gasteiger partial charge in [-0.15, -0.1) is 0 Å². The number of rotatable bonds is 3. The minimum absolute atomic E-state index is 0.302. The van der Waals surface area contributed by atoms with E-state index in [4.69, 9.17) is 4.42 Å². The molecule has 1 N–H and O–H groups in total. The van der Waals surface area contributed by atoms with Crippen molar-refractivity contribution in [1.29, 1.82) is 0 Å². The summed E-state index contributed by atoms with van der Waals surface area (Å²) in [5.41, 5.74) is 0.302. The minimum Gasteiger partial charge on any atom is -0.453 e. The highest BCUT2D eigenvalue weighted by Gasteiger charge is 2.26. The lowest BCUT2D eigenvalue weighted by Crippen LogP contribution is -2.49. The fourth-order valence-corrected chi connectivity index (χ4v) is 2.79. The number of nitrogens with zero attached hydrogens (tertiary/aromatic N) is 1. The molecule has 3 nitrogen and oxygen atoms in total. The van der Waals surface area contributed by atoms with Crippen LogP contribution in [0.3, 0.4) is 0 Å². The van der Waals surface area contributed by atoms with E-state index in [1.165, 1.54) is 25.9 Å². The van der Waals surface area contributed by atoms with Gasteiger partial charge in [0.25, 0.3) is 0 Å². The molecule has 0 radical (unpaired) electrons. The van der Waals surface area contributed by atoms with E-state index >= 15 is 0 Å². The first kappa shape index (κ1) is 14.1. The molecule has 0 spiro atoms. The standard InChI is InChI=1S/C14H23BrN2O/c1-14(2,3)17-8-6-11(7-9-17)16-10-12-4-5-13(15)18-12/h4-5,11,16H,6-10H2,1-3H3. The van der Waals surface area contributed by atoms with Gasteiger partial charge in [0.1, 0.15) is 5.76 Å². The summed E-state index contributed by atoms with van der Waals surface area (Å²) >= 11 is 3.33. The fourth-order valence-electron chi connectivity index (χ4n) is 2.45. The van der Waals surface area contributed by atoms with Crippen molar-refractivity contribution in [2.45, 2.75) is 51.7 Å². The average Bonchev–Trinajstić information content (AvgIpc) is 2.72. The molecule has 1 aliphatic heterocycles. The largest absolute Gasteiger partial charge is 0.453 e. The van der Waals surface area contributed by atoms with E-state index in [1.807, 2.05) is 12.1 Å². The van der Waals surface area contributed by atoms with Crippen LogP contribution in [0.1, 0.15) is 39.4 Å². The molecule has 0 bridgehead atoms. The van der Waals surface area contributed by atoms with Crippen molar-refractivity contribution in [3.63, 3.8) is 0 Å². The van der Waals surface area contributed by atoms with Crippen molar-refractivity contribution in [2.75, 3.05) is 13.1 Å². The molecule has 0 saturated carbocycles. The number of nitrogens with one attached hydrogen (secondary N) is 1. The van der Waals surface area contributed by atoms with Crippen LogP contribution in [-0.4, -0.2) is 29.6 Å². The second kappa shape index (κ2) is 5.76. The monoisotopic (exact) mass is 314 g/mol. The summed E-state index contributed by atoms with van der Waals surface area (Å²) < 4.78 is 6.30. The van der Waals surface area contributed by atoms with Gasteiger partial charge in [-0.25, -0.2) is 0 Å². The smallest absolute Gasteiger partial charge is 0.169 e. The highest BCUT2D eigenvalue weighted by molar-refractivity contribution is 9.10. The Labute approximate surface area is 118 Å². The molecule has 0 unspecified atom stereocenters. The molecule has 0 aromatic carbocycles. The van der Waals surface area contributed by atoms with Gasteiger partial charge in [0.2, 0.25) is 0 Å². The van der Waals surface area contributed by atoms with Gasteiger partial charge < -0.3 is 9.73 Å². The summed E-state index contributed by atoms with van der Waals surface area (Å²) in [4.78, 5) is 2.56. The zero-order chi connectivity index (χ0) is 13.2. The molecule has 2 rings (SSSR count). The van der Waals surface area contributed by atoms with E-state index in [0.29, 0.717) is 11.6 Å². The second-order valence-electron chi connectivity index (χ2n) is 6.02. The molecule has 0 aliphatic carbocycles. The number of hydrogen-bond acceptors (Lipinski definition) is 3. The molecule has 4 heteroatoms. The first-order valence-corrected chi connectivity index (χ1v) is 7.47. The number of furan rings is 1. The molecule has 0 amide bonds. The van der Waals surface area contributed by atoms with Gasteiger partial charge in [-0.2, -0.15) is 0 Å². The Kier molecular flexibility index (Phi) is 4.51. The van der Waals surface area contributed by atoms with Crippen LogP contribution in [-0.2, 0) is 6.54 Å². The Balaban J connectivity index is 1.74. The van der Waals surface area contributed by atoms with E-state index in [-0.39, 0.29) is 0 Å². The third-order valence-corrected chi connectivity index (χ3v) is 4.06. The van der Waals surface area contributed by atoms with Crippen LogP contribution in [0.4, 0.5) is 0 Å². The zero-order valence-electron chi connectivity index (χ0n) is 11.5. The summed E-state index contributed by atoms with van der Waals surface area (Å²) in [6, 6.07) is 4.58. The SMILES string of the molecule is CC(C)(C)N1CCC(NCc2ccc(Br)o2)CC1. The normalized spacial score (nSPS) is 19.3. The van der Waals surface area contributed by atoms with Crippen molar-refractivity contribution >= 4 is 15.9 Å². The molecule has 1 aliphatic rings. The van der Waals surface area contributed by atoms with Crippen LogP contribution < -0.4 is 5.32 Å². The molecule has 102 valence electrons. The summed E-state index contributed by atoms with van der Waals surface area (Å²) in [7, 11) is 0. The first-order valence-electron chi connectivity index (χ1n) is 6.68. The van der Waals surface area contributed by atoms with Gasteiger partial charge >= 0.3 is 0 Å². The highest BCUT2D eigenvalue weighted by Crippen LogP contribution is 2.20. The molecule has 1 saturated heterocycles. The van der Waals surface area contributed by atoms with Crippen molar-refractivity contribution in [1.82, 2.24) is 10.2 Å². The van der Waals surface area contributed by atoms with Gasteiger partial charge in [0, 0.05) is 24.7 Å². The van der Waals surface area contributed by atoms with Gasteiger partial charge in [0.15, 0.2) is 4.67 Å². The quantitative estimate of drug-likeness (QED) is 0.927. The topological polar surface area (TPSA) is 28.4 Å². The summed E-state index contributed by atoms with van der Waals surface area (Å²) in [5.74, 6) is 1.00. The van der Waals surface area contributed by atoms with Crippen LogP contribution in [0.5, 0.6) is 0 Å². The van der Waals surface area contributed by atoms with Crippen LogP contribution in [0.15, 0.2) is 21.2 Å². The maximum atomic E-state index is 5.49. The lowest BCUT2D eigenvalue weighted by molar-refractivity contribution is 0.0956. The van der Waals surface area contributed by atoms with Gasteiger partial charge in [-0.1, -0.05) is 0 Å². The van der Waals surface area contributed by atoms with Crippen molar-refractivity contribution in [3.05, 3.63) is 22.6 Å². The third kappa shape index (κ3) is 3.84. The highest BCUT2D eigenvalue weighted by atomic mass is 79.9. The Morgan fingerprint density at radius 2 is 2.00 bits per heavy atom. The maximum absolute atomic E-state index is 5.49. The van der Waals surface area contributed by atoms with Crippen LogP contribution in [0.25, 0.3) is 0 Å². The van der Waals surface area contributed by atoms with Crippen LogP contribution in [0.2, 0.25) is 0 Å². The zero-order valence-corrected chi connectivity index (χ0v) is 13.1. The molecular weight excluding hydrogens is 292 g/mol. The summed E-state index contributed by atoms with van der Waals surface area (Å²) in [6.07, 6.45) is 2.44. The molecule has 1 aromatic rings. The predicted molar refractivity (Wildman–Crippen MR) is 77.6 cm³/mol. The Bertz CT molecular complexity index is 375. The molecule has 1 fully saturated rings. The summed E-state index contributed by atoms with van der Waals surface area (Å²) in [5, 5.41) is 3.58. The number of hydrogen-bond donors (Lipinski definition) is 1. The van der Waals surface area contributed by atoms with Crippen LogP contribution >= 0.6 is 15.9 Å². The molecule has 0 atom stereocenters. The van der Waals surface area contributed by atoms with E-state index < -0.39 is 0 Å². The molecule has 18 heavy (non-hydrogen) atoms. The number of piperidine rings is 1. The van der Waals surface area contributed by atoms with Gasteiger partial charge in [-0.3, -0.25) is 4.90 Å². The van der Waals surface area contributed by atoms with Gasteiger partial charge in [0.05, 0.1) is 6.54 Å². The second-order valence-corrected chi connectivity index (χ2v) is 6.80. The lowest BCUT2D eigenvalue weighted by Gasteiger charge is -2.41. The maximum Gasteiger partial charge on any atom is 0.169 e. The van der Waals surface area contributed by atoms with E-state index in [2.05, 4.69) is 46.9 Å². The number of likely N-dealkylation sites (tertiary alicyclic amines) is 1.